The van der Waals surface area contributed by atoms with E-state index in [-0.39, 0.29) is 0 Å². The van der Waals surface area contributed by atoms with Gasteiger partial charge in [0, 0.05) is 0 Å². The zero-order valence-electron chi connectivity index (χ0n) is 13.1. The number of carboxylic acids is 1. The summed E-state index contributed by atoms with van der Waals surface area (Å²) in [6.07, 6.45) is 4.53. The number of hydrogen-bond acceptors (Lipinski definition) is 1. The Morgan fingerprint density at radius 2 is 1.90 bits per heavy atom. The molecule has 1 fully saturated rings. The molecule has 0 aliphatic heterocycles. The Kier molecular flexibility index (Phi) is 4.22. The van der Waals surface area contributed by atoms with Gasteiger partial charge in [-0.1, -0.05) is 37.5 Å². The highest BCUT2D eigenvalue weighted by Crippen LogP contribution is 2.43. The van der Waals surface area contributed by atoms with E-state index in [1.165, 1.54) is 28.7 Å². The van der Waals surface area contributed by atoms with E-state index >= 15 is 0 Å². The number of benzene rings is 1. The standard InChI is InChI=1S/C18H26O2/c1-12-6-5-7-18(10-12,17(19)20)11-16-14(3)8-13(2)9-15(16)4/h8-9,12H,5-7,10-11H2,1-4H3,(H,19,20). The van der Waals surface area contributed by atoms with E-state index in [0.717, 1.165) is 19.3 Å². The van der Waals surface area contributed by atoms with E-state index in [4.69, 9.17) is 0 Å². The minimum Gasteiger partial charge on any atom is -0.481 e. The van der Waals surface area contributed by atoms with Gasteiger partial charge in [-0.05, 0) is 62.6 Å². The number of aryl methyl sites for hydroxylation is 3. The zero-order valence-corrected chi connectivity index (χ0v) is 13.1. The van der Waals surface area contributed by atoms with Gasteiger partial charge in [0.25, 0.3) is 0 Å². The van der Waals surface area contributed by atoms with Crippen LogP contribution in [0.5, 0.6) is 0 Å². The lowest BCUT2D eigenvalue weighted by atomic mass is 9.66. The van der Waals surface area contributed by atoms with E-state index in [9.17, 15) is 9.90 Å². The van der Waals surface area contributed by atoms with Gasteiger partial charge in [-0.15, -0.1) is 0 Å². The highest BCUT2D eigenvalue weighted by atomic mass is 16.4. The van der Waals surface area contributed by atoms with Crippen molar-refractivity contribution in [3.8, 4) is 0 Å². The minimum atomic E-state index is -0.608. The molecule has 0 bridgehead atoms. The van der Waals surface area contributed by atoms with Crippen molar-refractivity contribution < 1.29 is 9.90 Å². The summed E-state index contributed by atoms with van der Waals surface area (Å²) in [7, 11) is 0. The molecule has 1 aliphatic carbocycles. The lowest BCUT2D eigenvalue weighted by Gasteiger charge is -2.37. The molecule has 20 heavy (non-hydrogen) atoms. The van der Waals surface area contributed by atoms with Gasteiger partial charge in [0.1, 0.15) is 0 Å². The number of rotatable bonds is 3. The van der Waals surface area contributed by atoms with Gasteiger partial charge in [-0.3, -0.25) is 4.79 Å². The van der Waals surface area contributed by atoms with E-state index < -0.39 is 11.4 Å². The Balaban J connectivity index is 2.36. The third kappa shape index (κ3) is 2.89. The van der Waals surface area contributed by atoms with Gasteiger partial charge in [0.15, 0.2) is 0 Å². The normalized spacial score (nSPS) is 26.5. The molecule has 0 saturated heterocycles. The topological polar surface area (TPSA) is 37.3 Å². The molecule has 0 heterocycles. The summed E-state index contributed by atoms with van der Waals surface area (Å²) in [4.78, 5) is 11.9. The van der Waals surface area contributed by atoms with Crippen LogP contribution in [0, 0.1) is 32.1 Å². The maximum absolute atomic E-state index is 11.9. The molecule has 2 nitrogen and oxygen atoms in total. The molecule has 1 aliphatic rings. The lowest BCUT2D eigenvalue weighted by Crippen LogP contribution is -2.38. The van der Waals surface area contributed by atoms with Crippen LogP contribution in [0.4, 0.5) is 0 Å². The van der Waals surface area contributed by atoms with Crippen molar-refractivity contribution in [1.29, 1.82) is 0 Å². The first-order chi connectivity index (χ1) is 9.34. The Morgan fingerprint density at radius 3 is 2.40 bits per heavy atom. The summed E-state index contributed by atoms with van der Waals surface area (Å²) in [5.74, 6) is -0.0886. The molecule has 2 heteroatoms. The van der Waals surface area contributed by atoms with E-state index in [1.54, 1.807) is 0 Å². The predicted molar refractivity (Wildman–Crippen MR) is 82.1 cm³/mol. The summed E-state index contributed by atoms with van der Waals surface area (Å²) >= 11 is 0. The van der Waals surface area contributed by atoms with Crippen LogP contribution in [0.2, 0.25) is 0 Å². The van der Waals surface area contributed by atoms with Gasteiger partial charge in [0.2, 0.25) is 0 Å². The SMILES string of the molecule is Cc1cc(C)c(CC2(C(=O)O)CCCC(C)C2)c(C)c1. The van der Waals surface area contributed by atoms with Crippen LogP contribution in [-0.4, -0.2) is 11.1 Å². The molecule has 0 aromatic heterocycles. The maximum Gasteiger partial charge on any atom is 0.309 e. The van der Waals surface area contributed by atoms with Crippen molar-refractivity contribution in [3.63, 3.8) is 0 Å². The van der Waals surface area contributed by atoms with Crippen LogP contribution in [0.25, 0.3) is 0 Å². The van der Waals surface area contributed by atoms with E-state index in [1.807, 2.05) is 0 Å². The molecule has 1 saturated carbocycles. The number of hydrogen-bond donors (Lipinski definition) is 1. The largest absolute Gasteiger partial charge is 0.481 e. The Labute approximate surface area is 122 Å². The predicted octanol–water partition coefficient (Wildman–Crippen LogP) is 4.44. The second kappa shape index (κ2) is 5.59. The van der Waals surface area contributed by atoms with E-state index in [2.05, 4.69) is 39.8 Å². The fourth-order valence-electron chi connectivity index (χ4n) is 3.92. The summed E-state index contributed by atoms with van der Waals surface area (Å²) in [5, 5.41) is 9.80. The summed E-state index contributed by atoms with van der Waals surface area (Å²) < 4.78 is 0. The molecule has 2 atom stereocenters. The van der Waals surface area contributed by atoms with Crippen molar-refractivity contribution in [1.82, 2.24) is 0 Å². The van der Waals surface area contributed by atoms with Crippen molar-refractivity contribution in [3.05, 3.63) is 34.4 Å². The fourth-order valence-corrected chi connectivity index (χ4v) is 3.92. The molecular formula is C18H26O2. The Hall–Kier alpha value is -1.31. The van der Waals surface area contributed by atoms with Crippen LogP contribution in [0.3, 0.4) is 0 Å². The minimum absolute atomic E-state index is 0.519. The van der Waals surface area contributed by atoms with E-state index in [0.29, 0.717) is 12.3 Å². The van der Waals surface area contributed by atoms with Crippen molar-refractivity contribution in [2.24, 2.45) is 11.3 Å². The number of aliphatic carboxylic acids is 1. The molecule has 0 amide bonds. The third-order valence-electron chi connectivity index (χ3n) is 4.90. The average Bonchev–Trinajstić information content (AvgIpc) is 2.33. The highest BCUT2D eigenvalue weighted by molar-refractivity contribution is 5.75. The second-order valence-corrected chi connectivity index (χ2v) is 6.84. The Morgan fingerprint density at radius 1 is 1.30 bits per heavy atom. The van der Waals surface area contributed by atoms with Gasteiger partial charge < -0.3 is 5.11 Å². The average molecular weight is 274 g/mol. The van der Waals surface area contributed by atoms with Gasteiger partial charge in [-0.2, -0.15) is 0 Å². The third-order valence-corrected chi connectivity index (χ3v) is 4.90. The molecule has 0 radical (unpaired) electrons. The molecule has 2 unspecified atom stereocenters. The van der Waals surface area contributed by atoms with Gasteiger partial charge in [0.05, 0.1) is 5.41 Å². The Bertz CT molecular complexity index is 495. The van der Waals surface area contributed by atoms with Gasteiger partial charge in [-0.25, -0.2) is 0 Å². The summed E-state index contributed by atoms with van der Waals surface area (Å²) in [5.41, 5.74) is 4.42. The first-order valence-electron chi connectivity index (χ1n) is 7.64. The van der Waals surface area contributed by atoms with Crippen LogP contribution in [0.1, 0.15) is 54.9 Å². The zero-order chi connectivity index (χ0) is 14.9. The molecule has 110 valence electrons. The number of carbonyl (C=O) groups is 1. The summed E-state index contributed by atoms with van der Waals surface area (Å²) in [6.45, 7) is 8.50. The first kappa shape index (κ1) is 15.1. The monoisotopic (exact) mass is 274 g/mol. The molecule has 1 N–H and O–H groups in total. The molecule has 1 aromatic rings. The van der Waals surface area contributed by atoms with Crippen molar-refractivity contribution in [2.45, 2.75) is 59.8 Å². The molecule has 1 aromatic carbocycles. The summed E-state index contributed by atoms with van der Waals surface area (Å²) in [6, 6.07) is 4.34. The lowest BCUT2D eigenvalue weighted by molar-refractivity contribution is -0.152. The number of carboxylic acid groups (broad SMARTS) is 1. The molecular weight excluding hydrogens is 248 g/mol. The van der Waals surface area contributed by atoms with Gasteiger partial charge >= 0.3 is 5.97 Å². The molecule has 0 spiro atoms. The highest BCUT2D eigenvalue weighted by Gasteiger charge is 2.42. The van der Waals surface area contributed by atoms with Crippen LogP contribution in [-0.2, 0) is 11.2 Å². The quantitative estimate of drug-likeness (QED) is 0.885. The molecule has 2 rings (SSSR count). The fraction of sp³-hybridized carbons (Fsp3) is 0.611. The van der Waals surface area contributed by atoms with Crippen LogP contribution in [0.15, 0.2) is 12.1 Å². The van der Waals surface area contributed by atoms with Crippen LogP contribution < -0.4 is 0 Å². The smallest absolute Gasteiger partial charge is 0.309 e. The van der Waals surface area contributed by atoms with Crippen LogP contribution >= 0.6 is 0 Å². The maximum atomic E-state index is 11.9. The second-order valence-electron chi connectivity index (χ2n) is 6.84. The van der Waals surface area contributed by atoms with Crippen molar-refractivity contribution in [2.75, 3.05) is 0 Å². The first-order valence-corrected chi connectivity index (χ1v) is 7.64. The van der Waals surface area contributed by atoms with Crippen molar-refractivity contribution >= 4 is 5.97 Å².